The minimum absolute atomic E-state index is 0.291. The van der Waals surface area contributed by atoms with Crippen LogP contribution in [-0.2, 0) is 4.74 Å². The predicted molar refractivity (Wildman–Crippen MR) is 112 cm³/mol. The Labute approximate surface area is 167 Å². The van der Waals surface area contributed by atoms with Crippen molar-refractivity contribution >= 4 is 29.0 Å². The molecule has 4 nitrogen and oxygen atoms in total. The number of thiocarbonyl (C=S) groups is 1. The number of esters is 1. The monoisotopic (exact) mass is 386 g/mol. The summed E-state index contributed by atoms with van der Waals surface area (Å²) in [5.74, 6) is 2.53. The van der Waals surface area contributed by atoms with Gasteiger partial charge in [0.15, 0.2) is 5.11 Å². The zero-order valence-corrected chi connectivity index (χ0v) is 17.1. The van der Waals surface area contributed by atoms with Crippen molar-refractivity contribution in [2.75, 3.05) is 11.9 Å². The van der Waals surface area contributed by atoms with Gasteiger partial charge in [0, 0.05) is 11.7 Å². The summed E-state index contributed by atoms with van der Waals surface area (Å²) in [7, 11) is 0. The smallest absolute Gasteiger partial charge is 0.338 e. The summed E-state index contributed by atoms with van der Waals surface area (Å²) < 4.78 is 5.02. The number of carbonyl (C=O) groups excluding carboxylic acids is 1. The van der Waals surface area contributed by atoms with E-state index >= 15 is 0 Å². The van der Waals surface area contributed by atoms with E-state index in [1.807, 2.05) is 19.1 Å². The Hall–Kier alpha value is -1.62. The largest absolute Gasteiger partial charge is 0.462 e. The molecule has 0 saturated heterocycles. The molecule has 1 aromatic carbocycles. The maximum atomic E-state index is 11.7. The van der Waals surface area contributed by atoms with Crippen LogP contribution in [-0.4, -0.2) is 23.7 Å². The van der Waals surface area contributed by atoms with Gasteiger partial charge in [0.25, 0.3) is 0 Å². The van der Waals surface area contributed by atoms with E-state index < -0.39 is 0 Å². The molecule has 1 aromatic rings. The Bertz CT molecular complexity index is 680. The average molecular weight is 387 g/mol. The van der Waals surface area contributed by atoms with E-state index in [9.17, 15) is 4.79 Å². The zero-order chi connectivity index (χ0) is 19.0. The molecule has 0 amide bonds. The number of anilines is 1. The van der Waals surface area contributed by atoms with Gasteiger partial charge in [-0.1, -0.05) is 0 Å². The average Bonchev–Trinajstić information content (AvgIpc) is 2.61. The molecule has 0 spiro atoms. The molecule has 1 atom stereocenters. The maximum absolute atomic E-state index is 11.7. The lowest BCUT2D eigenvalue weighted by Crippen LogP contribution is -2.56. The highest BCUT2D eigenvalue weighted by Crippen LogP contribution is 2.61. The number of rotatable bonds is 5. The molecule has 27 heavy (non-hydrogen) atoms. The first kappa shape index (κ1) is 18.7. The van der Waals surface area contributed by atoms with Crippen LogP contribution in [0, 0.1) is 23.2 Å². The first-order chi connectivity index (χ1) is 13.0. The van der Waals surface area contributed by atoms with Crippen LogP contribution in [0.1, 0.15) is 62.7 Å². The quantitative estimate of drug-likeness (QED) is 0.565. The van der Waals surface area contributed by atoms with Crippen molar-refractivity contribution in [3.05, 3.63) is 29.8 Å². The van der Waals surface area contributed by atoms with E-state index in [0.717, 1.165) is 23.4 Å². The van der Waals surface area contributed by atoms with Crippen molar-refractivity contribution < 1.29 is 9.53 Å². The van der Waals surface area contributed by atoms with Gasteiger partial charge in [-0.25, -0.2) is 4.79 Å². The van der Waals surface area contributed by atoms with Crippen molar-refractivity contribution in [1.29, 1.82) is 0 Å². The van der Waals surface area contributed by atoms with Gasteiger partial charge in [-0.05, 0) is 112 Å². The van der Waals surface area contributed by atoms with Crippen LogP contribution in [0.3, 0.4) is 0 Å². The molecule has 146 valence electrons. The number of hydrogen-bond donors (Lipinski definition) is 2. The summed E-state index contributed by atoms with van der Waals surface area (Å²) in [5, 5.41) is 7.51. The molecule has 5 rings (SSSR count). The Kier molecular flexibility index (Phi) is 5.15. The zero-order valence-electron chi connectivity index (χ0n) is 16.3. The highest BCUT2D eigenvalue weighted by Gasteiger charge is 2.53. The summed E-state index contributed by atoms with van der Waals surface area (Å²) >= 11 is 5.58. The molecule has 0 aromatic heterocycles. The lowest BCUT2D eigenvalue weighted by atomic mass is 9.48. The van der Waals surface area contributed by atoms with E-state index in [1.165, 1.54) is 38.5 Å². The molecule has 4 aliphatic rings. The van der Waals surface area contributed by atoms with E-state index in [2.05, 4.69) is 17.6 Å². The van der Waals surface area contributed by atoms with Crippen molar-refractivity contribution in [2.45, 2.75) is 58.4 Å². The predicted octanol–water partition coefficient (Wildman–Crippen LogP) is 4.75. The van der Waals surface area contributed by atoms with Gasteiger partial charge < -0.3 is 15.4 Å². The van der Waals surface area contributed by atoms with Crippen molar-refractivity contribution in [2.24, 2.45) is 23.2 Å². The molecule has 1 unspecified atom stereocenters. The van der Waals surface area contributed by atoms with Crippen molar-refractivity contribution in [3.8, 4) is 0 Å². The molecule has 2 N–H and O–H groups in total. The molecule has 4 bridgehead atoms. The summed E-state index contributed by atoms with van der Waals surface area (Å²) in [6.07, 6.45) is 8.47. The van der Waals surface area contributed by atoms with E-state index in [1.54, 1.807) is 12.1 Å². The Morgan fingerprint density at radius 1 is 1.15 bits per heavy atom. The van der Waals surface area contributed by atoms with Crippen LogP contribution >= 0.6 is 12.2 Å². The van der Waals surface area contributed by atoms with Gasteiger partial charge in [-0.2, -0.15) is 0 Å². The minimum atomic E-state index is -0.291. The lowest BCUT2D eigenvalue weighted by molar-refractivity contribution is -0.0671. The second-order valence-electron chi connectivity index (χ2n) is 8.90. The van der Waals surface area contributed by atoms with Gasteiger partial charge in [0.05, 0.1) is 12.2 Å². The second kappa shape index (κ2) is 7.42. The Balaban J connectivity index is 1.35. The van der Waals surface area contributed by atoms with Crippen molar-refractivity contribution in [1.82, 2.24) is 5.32 Å². The van der Waals surface area contributed by atoms with Crippen LogP contribution in [0.15, 0.2) is 24.3 Å². The number of ether oxygens (including phenoxy) is 1. The second-order valence-corrected chi connectivity index (χ2v) is 9.31. The molecule has 4 aliphatic carbocycles. The van der Waals surface area contributed by atoms with E-state index in [0.29, 0.717) is 28.7 Å². The molecular formula is C22H30N2O2S. The highest BCUT2D eigenvalue weighted by atomic mass is 32.1. The first-order valence-corrected chi connectivity index (χ1v) is 10.7. The highest BCUT2D eigenvalue weighted by molar-refractivity contribution is 7.80. The third-order valence-electron chi connectivity index (χ3n) is 7.01. The van der Waals surface area contributed by atoms with Crippen LogP contribution in [0.4, 0.5) is 5.69 Å². The molecule has 5 heteroatoms. The standard InChI is InChI=1S/C22H30N2O2S/c1-3-26-20(25)18-4-6-19(7-5-18)24-21(27)23-14(2)22-11-15-8-16(12-22)10-17(9-15)13-22/h4-7,14-17H,3,8-13H2,1-2H3,(H2,23,24,27). The Morgan fingerprint density at radius 2 is 1.70 bits per heavy atom. The normalized spacial score (nSPS) is 32.0. The van der Waals surface area contributed by atoms with Gasteiger partial charge in [-0.3, -0.25) is 0 Å². The van der Waals surface area contributed by atoms with Crippen LogP contribution in [0.2, 0.25) is 0 Å². The number of benzene rings is 1. The SMILES string of the molecule is CCOC(=O)c1ccc(NC(=S)NC(C)C23CC4CC(CC(C4)C2)C3)cc1. The molecule has 4 fully saturated rings. The van der Waals surface area contributed by atoms with E-state index in [-0.39, 0.29) is 5.97 Å². The van der Waals surface area contributed by atoms with Crippen LogP contribution in [0.25, 0.3) is 0 Å². The molecule has 0 radical (unpaired) electrons. The topological polar surface area (TPSA) is 50.4 Å². The fourth-order valence-corrected chi connectivity index (χ4v) is 6.42. The van der Waals surface area contributed by atoms with Crippen LogP contribution < -0.4 is 10.6 Å². The summed E-state index contributed by atoms with van der Waals surface area (Å²) in [6.45, 7) is 4.50. The summed E-state index contributed by atoms with van der Waals surface area (Å²) in [5.41, 5.74) is 1.87. The fraction of sp³-hybridized carbons (Fsp3) is 0.636. The molecular weight excluding hydrogens is 356 g/mol. The minimum Gasteiger partial charge on any atom is -0.462 e. The third kappa shape index (κ3) is 3.84. The van der Waals surface area contributed by atoms with Gasteiger partial charge >= 0.3 is 5.97 Å². The van der Waals surface area contributed by atoms with Gasteiger partial charge in [-0.15, -0.1) is 0 Å². The molecule has 0 aliphatic heterocycles. The maximum Gasteiger partial charge on any atom is 0.338 e. The summed E-state index contributed by atoms with van der Waals surface area (Å²) in [4.78, 5) is 11.7. The van der Waals surface area contributed by atoms with Gasteiger partial charge in [0.2, 0.25) is 0 Å². The molecule has 4 saturated carbocycles. The summed E-state index contributed by atoms with van der Waals surface area (Å²) in [6, 6.07) is 7.67. The number of nitrogens with one attached hydrogen (secondary N) is 2. The third-order valence-corrected chi connectivity index (χ3v) is 7.23. The first-order valence-electron chi connectivity index (χ1n) is 10.3. The molecule has 0 heterocycles. The Morgan fingerprint density at radius 3 is 2.22 bits per heavy atom. The van der Waals surface area contributed by atoms with E-state index in [4.69, 9.17) is 17.0 Å². The van der Waals surface area contributed by atoms with Gasteiger partial charge in [0.1, 0.15) is 0 Å². The van der Waals surface area contributed by atoms with Crippen molar-refractivity contribution in [3.63, 3.8) is 0 Å². The number of hydrogen-bond acceptors (Lipinski definition) is 3. The number of carbonyl (C=O) groups is 1. The van der Waals surface area contributed by atoms with Crippen LogP contribution in [0.5, 0.6) is 0 Å². The fourth-order valence-electron chi connectivity index (χ4n) is 6.13. The lowest BCUT2D eigenvalue weighted by Gasteiger charge is -2.59.